The van der Waals surface area contributed by atoms with Gasteiger partial charge in [0.25, 0.3) is 0 Å². The SMILES string of the molecule is Cc1ccc2nc(C3CCN(C(=O)CCc4ccccc4)CC3)[nH]c2c1. The molecule has 1 aromatic heterocycles. The second-order valence-corrected chi connectivity index (χ2v) is 7.28. The molecule has 4 rings (SSSR count). The molecule has 0 aliphatic carbocycles. The third kappa shape index (κ3) is 3.64. The van der Waals surface area contributed by atoms with Crippen LogP contribution in [0.25, 0.3) is 11.0 Å². The monoisotopic (exact) mass is 347 g/mol. The number of likely N-dealkylation sites (tertiary alicyclic amines) is 1. The Morgan fingerprint density at radius 2 is 1.92 bits per heavy atom. The van der Waals surface area contributed by atoms with Crippen LogP contribution in [0.2, 0.25) is 0 Å². The molecule has 2 heterocycles. The summed E-state index contributed by atoms with van der Waals surface area (Å²) >= 11 is 0. The van der Waals surface area contributed by atoms with Gasteiger partial charge < -0.3 is 9.88 Å². The van der Waals surface area contributed by atoms with Crippen molar-refractivity contribution in [2.24, 2.45) is 0 Å². The van der Waals surface area contributed by atoms with E-state index in [1.165, 1.54) is 11.1 Å². The Morgan fingerprint density at radius 1 is 1.15 bits per heavy atom. The van der Waals surface area contributed by atoms with Gasteiger partial charge in [-0.15, -0.1) is 0 Å². The molecule has 1 fully saturated rings. The van der Waals surface area contributed by atoms with Gasteiger partial charge in [0.05, 0.1) is 11.0 Å². The molecule has 0 radical (unpaired) electrons. The highest BCUT2D eigenvalue weighted by Gasteiger charge is 2.25. The number of aromatic amines is 1. The Morgan fingerprint density at radius 3 is 2.69 bits per heavy atom. The number of nitrogens with one attached hydrogen (secondary N) is 1. The van der Waals surface area contributed by atoms with Gasteiger partial charge in [-0.1, -0.05) is 36.4 Å². The van der Waals surface area contributed by atoms with Crippen LogP contribution in [-0.2, 0) is 11.2 Å². The standard InChI is InChI=1S/C22H25N3O/c1-16-7-9-19-20(15-16)24-22(23-19)18-11-13-25(14-12-18)21(26)10-8-17-5-3-2-4-6-17/h2-7,9,15,18H,8,10-14H2,1H3,(H,23,24). The first-order valence-corrected chi connectivity index (χ1v) is 9.47. The molecule has 0 saturated carbocycles. The van der Waals surface area contributed by atoms with E-state index in [9.17, 15) is 4.79 Å². The minimum absolute atomic E-state index is 0.271. The van der Waals surface area contributed by atoms with Gasteiger partial charge in [-0.2, -0.15) is 0 Å². The number of nitrogens with zero attached hydrogens (tertiary/aromatic N) is 2. The van der Waals surface area contributed by atoms with Crippen molar-refractivity contribution >= 4 is 16.9 Å². The van der Waals surface area contributed by atoms with E-state index in [0.717, 1.165) is 49.2 Å². The Bertz CT molecular complexity index is 892. The number of carbonyl (C=O) groups excluding carboxylic acids is 1. The third-order valence-electron chi connectivity index (χ3n) is 5.36. The maximum atomic E-state index is 12.5. The highest BCUT2D eigenvalue weighted by atomic mass is 16.2. The first-order valence-electron chi connectivity index (χ1n) is 9.47. The lowest BCUT2D eigenvalue weighted by atomic mass is 9.95. The van der Waals surface area contributed by atoms with Gasteiger partial charge in [-0.05, 0) is 49.4 Å². The number of hydrogen-bond acceptors (Lipinski definition) is 2. The summed E-state index contributed by atoms with van der Waals surface area (Å²) in [4.78, 5) is 22.8. The molecule has 4 nitrogen and oxygen atoms in total. The van der Waals surface area contributed by atoms with Crippen LogP contribution in [0.4, 0.5) is 0 Å². The number of aryl methyl sites for hydroxylation is 2. The number of fused-ring (bicyclic) bond motifs is 1. The molecular formula is C22H25N3O. The van der Waals surface area contributed by atoms with Crippen LogP contribution in [0.3, 0.4) is 0 Å². The summed E-state index contributed by atoms with van der Waals surface area (Å²) in [6.45, 7) is 3.75. The number of hydrogen-bond donors (Lipinski definition) is 1. The summed E-state index contributed by atoms with van der Waals surface area (Å²) in [5.74, 6) is 1.76. The van der Waals surface area contributed by atoms with Crippen molar-refractivity contribution in [2.75, 3.05) is 13.1 Å². The summed E-state index contributed by atoms with van der Waals surface area (Å²) < 4.78 is 0. The lowest BCUT2D eigenvalue weighted by Gasteiger charge is -2.31. The lowest BCUT2D eigenvalue weighted by molar-refractivity contribution is -0.132. The van der Waals surface area contributed by atoms with E-state index in [4.69, 9.17) is 4.98 Å². The number of rotatable bonds is 4. The largest absolute Gasteiger partial charge is 0.343 e. The molecule has 1 saturated heterocycles. The molecule has 0 spiro atoms. The van der Waals surface area contributed by atoms with Gasteiger partial charge in [0.2, 0.25) is 5.91 Å². The maximum absolute atomic E-state index is 12.5. The van der Waals surface area contributed by atoms with E-state index in [1.54, 1.807) is 0 Å². The molecule has 1 N–H and O–H groups in total. The zero-order valence-corrected chi connectivity index (χ0v) is 15.2. The van der Waals surface area contributed by atoms with E-state index >= 15 is 0 Å². The van der Waals surface area contributed by atoms with Crippen molar-refractivity contribution in [2.45, 2.75) is 38.5 Å². The molecule has 26 heavy (non-hydrogen) atoms. The van der Waals surface area contributed by atoms with E-state index in [0.29, 0.717) is 12.3 Å². The van der Waals surface area contributed by atoms with Crippen molar-refractivity contribution in [3.63, 3.8) is 0 Å². The van der Waals surface area contributed by atoms with Crippen molar-refractivity contribution in [1.29, 1.82) is 0 Å². The summed E-state index contributed by atoms with van der Waals surface area (Å²) in [5, 5.41) is 0. The minimum Gasteiger partial charge on any atom is -0.343 e. The Kier molecular flexibility index (Phi) is 4.74. The highest BCUT2D eigenvalue weighted by Crippen LogP contribution is 2.28. The van der Waals surface area contributed by atoms with E-state index in [-0.39, 0.29) is 5.91 Å². The Hall–Kier alpha value is -2.62. The number of piperidine rings is 1. The fourth-order valence-electron chi connectivity index (χ4n) is 3.79. The predicted molar refractivity (Wildman–Crippen MR) is 104 cm³/mol. The van der Waals surface area contributed by atoms with E-state index < -0.39 is 0 Å². The fraction of sp³-hybridized carbons (Fsp3) is 0.364. The zero-order chi connectivity index (χ0) is 17.9. The molecule has 0 bridgehead atoms. The van der Waals surface area contributed by atoms with Gasteiger partial charge in [0.15, 0.2) is 0 Å². The summed E-state index contributed by atoms with van der Waals surface area (Å²) in [7, 11) is 0. The number of amides is 1. The number of benzene rings is 2. The van der Waals surface area contributed by atoms with Gasteiger partial charge in [-0.25, -0.2) is 4.98 Å². The van der Waals surface area contributed by atoms with Crippen LogP contribution in [0.1, 0.15) is 42.1 Å². The molecular weight excluding hydrogens is 322 g/mol. The molecule has 1 aliphatic heterocycles. The smallest absolute Gasteiger partial charge is 0.222 e. The van der Waals surface area contributed by atoms with Crippen LogP contribution in [0.15, 0.2) is 48.5 Å². The van der Waals surface area contributed by atoms with E-state index in [2.05, 4.69) is 42.2 Å². The molecule has 4 heteroatoms. The molecule has 0 atom stereocenters. The lowest BCUT2D eigenvalue weighted by Crippen LogP contribution is -2.38. The van der Waals surface area contributed by atoms with Crippen LogP contribution in [0, 0.1) is 6.92 Å². The number of H-pyrrole nitrogens is 1. The summed E-state index contributed by atoms with van der Waals surface area (Å²) in [6.07, 6.45) is 3.38. The molecule has 0 unspecified atom stereocenters. The van der Waals surface area contributed by atoms with Gasteiger partial charge in [0, 0.05) is 25.4 Å². The molecule has 3 aromatic rings. The van der Waals surface area contributed by atoms with E-state index in [1.807, 2.05) is 23.1 Å². The topological polar surface area (TPSA) is 49.0 Å². The summed E-state index contributed by atoms with van der Waals surface area (Å²) in [5.41, 5.74) is 4.62. The van der Waals surface area contributed by atoms with Crippen molar-refractivity contribution in [1.82, 2.24) is 14.9 Å². The van der Waals surface area contributed by atoms with Crippen LogP contribution in [-0.4, -0.2) is 33.9 Å². The molecule has 1 aliphatic rings. The first kappa shape index (κ1) is 16.8. The maximum Gasteiger partial charge on any atom is 0.222 e. The number of carbonyl (C=O) groups is 1. The fourth-order valence-corrected chi connectivity index (χ4v) is 3.79. The molecule has 2 aromatic carbocycles. The second kappa shape index (κ2) is 7.32. The normalized spacial score (nSPS) is 15.5. The van der Waals surface area contributed by atoms with Gasteiger partial charge >= 0.3 is 0 Å². The molecule has 1 amide bonds. The number of aromatic nitrogens is 2. The average Bonchev–Trinajstić information content (AvgIpc) is 3.10. The third-order valence-corrected chi connectivity index (χ3v) is 5.36. The summed E-state index contributed by atoms with van der Waals surface area (Å²) in [6, 6.07) is 16.6. The minimum atomic E-state index is 0.271. The Balaban J connectivity index is 1.33. The highest BCUT2D eigenvalue weighted by molar-refractivity contribution is 5.77. The average molecular weight is 347 g/mol. The van der Waals surface area contributed by atoms with Crippen molar-refractivity contribution in [3.8, 4) is 0 Å². The van der Waals surface area contributed by atoms with Gasteiger partial charge in [-0.3, -0.25) is 4.79 Å². The second-order valence-electron chi connectivity index (χ2n) is 7.28. The number of imidazole rings is 1. The predicted octanol–water partition coefficient (Wildman–Crippen LogP) is 4.21. The first-order chi connectivity index (χ1) is 12.7. The van der Waals surface area contributed by atoms with Crippen LogP contribution in [0.5, 0.6) is 0 Å². The quantitative estimate of drug-likeness (QED) is 0.768. The van der Waals surface area contributed by atoms with Crippen LogP contribution < -0.4 is 0 Å². The van der Waals surface area contributed by atoms with Crippen molar-refractivity contribution in [3.05, 3.63) is 65.5 Å². The zero-order valence-electron chi connectivity index (χ0n) is 15.2. The van der Waals surface area contributed by atoms with Crippen molar-refractivity contribution < 1.29 is 4.79 Å². The molecule has 134 valence electrons. The Labute approximate surface area is 154 Å². The van der Waals surface area contributed by atoms with Gasteiger partial charge in [0.1, 0.15) is 5.82 Å². The van der Waals surface area contributed by atoms with Crippen LogP contribution >= 0.6 is 0 Å².